The fraction of sp³-hybridized carbons (Fsp3) is 0.684. The molecule has 24 heavy (non-hydrogen) atoms. The van der Waals surface area contributed by atoms with Crippen molar-refractivity contribution in [1.82, 2.24) is 14.5 Å². The first-order valence-corrected chi connectivity index (χ1v) is 9.36. The third kappa shape index (κ3) is 1.91. The Morgan fingerprint density at radius 1 is 1.17 bits per heavy atom. The van der Waals surface area contributed by atoms with Crippen molar-refractivity contribution in [2.45, 2.75) is 64.5 Å². The molecule has 0 amide bonds. The second kappa shape index (κ2) is 4.94. The van der Waals surface area contributed by atoms with Gasteiger partial charge >= 0.3 is 0 Å². The molecular formula is C19H26N4O. The van der Waals surface area contributed by atoms with E-state index in [1.807, 2.05) is 0 Å². The summed E-state index contributed by atoms with van der Waals surface area (Å²) in [6.07, 6.45) is 8.97. The first-order chi connectivity index (χ1) is 11.6. The van der Waals surface area contributed by atoms with Crippen molar-refractivity contribution in [2.75, 3.05) is 18.0 Å². The lowest BCUT2D eigenvalue weighted by molar-refractivity contribution is 0.136. The predicted molar refractivity (Wildman–Crippen MR) is 94.4 cm³/mol. The van der Waals surface area contributed by atoms with Crippen molar-refractivity contribution in [2.24, 2.45) is 5.41 Å². The highest BCUT2D eigenvalue weighted by Gasteiger charge is 2.55. The maximum atomic E-state index is 10.4. The summed E-state index contributed by atoms with van der Waals surface area (Å²) < 4.78 is 2.46. The van der Waals surface area contributed by atoms with E-state index in [1.54, 1.807) is 6.33 Å². The van der Waals surface area contributed by atoms with E-state index in [0.717, 1.165) is 30.9 Å². The summed E-state index contributed by atoms with van der Waals surface area (Å²) >= 11 is 0. The summed E-state index contributed by atoms with van der Waals surface area (Å²) in [4.78, 5) is 11.6. The van der Waals surface area contributed by atoms with Gasteiger partial charge in [0.15, 0.2) is 0 Å². The molecule has 3 aliphatic rings. The number of fused-ring (bicyclic) bond motifs is 1. The van der Waals surface area contributed by atoms with Crippen molar-refractivity contribution < 1.29 is 5.11 Å². The van der Waals surface area contributed by atoms with Crippen molar-refractivity contribution in [3.63, 3.8) is 0 Å². The summed E-state index contributed by atoms with van der Waals surface area (Å²) in [5.74, 6) is 1.03. The van der Waals surface area contributed by atoms with Gasteiger partial charge in [-0.1, -0.05) is 12.8 Å². The molecule has 0 aromatic carbocycles. The Morgan fingerprint density at radius 2 is 1.92 bits per heavy atom. The Morgan fingerprint density at radius 3 is 2.58 bits per heavy atom. The van der Waals surface area contributed by atoms with E-state index in [1.165, 1.54) is 42.3 Å². The lowest BCUT2D eigenvalue weighted by Gasteiger charge is -2.19. The number of aromatic nitrogens is 3. The van der Waals surface area contributed by atoms with E-state index in [4.69, 9.17) is 0 Å². The third-order valence-electron chi connectivity index (χ3n) is 6.80. The zero-order chi connectivity index (χ0) is 16.5. The van der Waals surface area contributed by atoms with E-state index in [2.05, 4.69) is 33.3 Å². The Balaban J connectivity index is 1.64. The molecule has 0 bridgehead atoms. The van der Waals surface area contributed by atoms with Crippen LogP contribution in [0, 0.1) is 19.3 Å². The molecule has 128 valence electrons. The standard InChI is InChI=1S/C19H26N4O/c1-12-13(2)23(14-5-3-4-6-14)18-16(12)17(20-11-21-18)22-9-15(24)19(10-22)7-8-19/h11,14-15,24H,3-10H2,1-2H3. The minimum atomic E-state index is -0.208. The van der Waals surface area contributed by atoms with Gasteiger partial charge in [0.2, 0.25) is 0 Å². The van der Waals surface area contributed by atoms with Gasteiger partial charge in [0.1, 0.15) is 17.8 Å². The number of hydrogen-bond donors (Lipinski definition) is 1. The van der Waals surface area contributed by atoms with Crippen LogP contribution in [0.1, 0.15) is 55.8 Å². The van der Waals surface area contributed by atoms with Gasteiger partial charge in [-0.15, -0.1) is 0 Å². The van der Waals surface area contributed by atoms with Gasteiger partial charge in [-0.2, -0.15) is 0 Å². The highest BCUT2D eigenvalue weighted by atomic mass is 16.3. The molecule has 1 unspecified atom stereocenters. The summed E-state index contributed by atoms with van der Waals surface area (Å²) in [6.45, 7) is 6.07. The molecule has 0 radical (unpaired) electrons. The lowest BCUT2D eigenvalue weighted by Crippen LogP contribution is -2.22. The molecule has 1 N–H and O–H groups in total. The minimum absolute atomic E-state index is 0.147. The molecular weight excluding hydrogens is 300 g/mol. The van der Waals surface area contributed by atoms with Crippen LogP contribution in [0.3, 0.4) is 0 Å². The monoisotopic (exact) mass is 326 g/mol. The maximum Gasteiger partial charge on any atom is 0.146 e. The molecule has 2 aromatic rings. The van der Waals surface area contributed by atoms with Crippen LogP contribution < -0.4 is 4.90 Å². The van der Waals surface area contributed by atoms with Crippen molar-refractivity contribution in [3.8, 4) is 0 Å². The Labute approximate surface area is 142 Å². The molecule has 2 saturated carbocycles. The van der Waals surface area contributed by atoms with Gasteiger partial charge in [-0.25, -0.2) is 9.97 Å². The van der Waals surface area contributed by atoms with Crippen LogP contribution >= 0.6 is 0 Å². The highest BCUT2D eigenvalue weighted by Crippen LogP contribution is 2.54. The van der Waals surface area contributed by atoms with Gasteiger partial charge in [0.05, 0.1) is 11.5 Å². The maximum absolute atomic E-state index is 10.4. The largest absolute Gasteiger partial charge is 0.391 e. The molecule has 5 heteroatoms. The number of nitrogens with zero attached hydrogens (tertiary/aromatic N) is 4. The second-order valence-electron chi connectivity index (χ2n) is 8.17. The average molecular weight is 326 g/mol. The zero-order valence-electron chi connectivity index (χ0n) is 14.6. The number of β-amino-alcohol motifs (C(OH)–C–C–N with tert-alkyl or cyclic N) is 1. The molecule has 3 heterocycles. The SMILES string of the molecule is Cc1c(C)n(C2CCCC2)c2ncnc(N3CC(O)C4(CC4)C3)c12. The van der Waals surface area contributed by atoms with Gasteiger partial charge < -0.3 is 14.6 Å². The summed E-state index contributed by atoms with van der Waals surface area (Å²) in [7, 11) is 0. The van der Waals surface area contributed by atoms with Crippen molar-refractivity contribution in [3.05, 3.63) is 17.6 Å². The minimum Gasteiger partial charge on any atom is -0.391 e. The van der Waals surface area contributed by atoms with Crippen LogP contribution in [-0.2, 0) is 0 Å². The van der Waals surface area contributed by atoms with Crippen LogP contribution in [-0.4, -0.2) is 38.8 Å². The lowest BCUT2D eigenvalue weighted by atomic mass is 10.0. The summed E-state index contributed by atoms with van der Waals surface area (Å²) in [5, 5.41) is 11.6. The molecule has 5 rings (SSSR count). The fourth-order valence-corrected chi connectivity index (χ4v) is 5.02. The van der Waals surface area contributed by atoms with E-state index in [9.17, 15) is 5.11 Å². The number of hydrogen-bond acceptors (Lipinski definition) is 4. The molecule has 3 fully saturated rings. The Bertz CT molecular complexity index is 801. The van der Waals surface area contributed by atoms with Crippen LogP contribution in [0.2, 0.25) is 0 Å². The van der Waals surface area contributed by atoms with Crippen LogP contribution in [0.5, 0.6) is 0 Å². The number of aliphatic hydroxyl groups excluding tert-OH is 1. The fourth-order valence-electron chi connectivity index (χ4n) is 5.02. The predicted octanol–water partition coefficient (Wildman–Crippen LogP) is 3.12. The summed E-state index contributed by atoms with van der Waals surface area (Å²) in [5.41, 5.74) is 3.88. The van der Waals surface area contributed by atoms with Crippen LogP contribution in [0.4, 0.5) is 5.82 Å². The quantitative estimate of drug-likeness (QED) is 0.921. The van der Waals surface area contributed by atoms with E-state index in [0.29, 0.717) is 12.6 Å². The smallest absolute Gasteiger partial charge is 0.146 e. The van der Waals surface area contributed by atoms with E-state index in [-0.39, 0.29) is 11.5 Å². The van der Waals surface area contributed by atoms with Gasteiger partial charge in [-0.3, -0.25) is 0 Å². The summed E-state index contributed by atoms with van der Waals surface area (Å²) in [6, 6.07) is 0.586. The van der Waals surface area contributed by atoms with Gasteiger partial charge in [0.25, 0.3) is 0 Å². The van der Waals surface area contributed by atoms with Crippen molar-refractivity contribution in [1.29, 1.82) is 0 Å². The number of aliphatic hydroxyl groups is 1. The number of aryl methyl sites for hydroxylation is 1. The van der Waals surface area contributed by atoms with E-state index >= 15 is 0 Å². The zero-order valence-corrected chi connectivity index (χ0v) is 14.6. The molecule has 2 aromatic heterocycles. The van der Waals surface area contributed by atoms with Gasteiger partial charge in [0, 0.05) is 30.2 Å². The first-order valence-electron chi connectivity index (χ1n) is 9.36. The highest BCUT2D eigenvalue weighted by molar-refractivity contribution is 5.92. The molecule has 5 nitrogen and oxygen atoms in total. The normalized spacial score (nSPS) is 26.1. The first kappa shape index (κ1) is 14.7. The Hall–Kier alpha value is -1.62. The second-order valence-corrected chi connectivity index (χ2v) is 8.17. The van der Waals surface area contributed by atoms with Crippen LogP contribution in [0.15, 0.2) is 6.33 Å². The topological polar surface area (TPSA) is 54.2 Å². The molecule has 1 aliphatic heterocycles. The van der Waals surface area contributed by atoms with Crippen molar-refractivity contribution >= 4 is 16.9 Å². The van der Waals surface area contributed by atoms with Crippen LogP contribution in [0.25, 0.3) is 11.0 Å². The molecule has 1 atom stereocenters. The molecule has 2 aliphatic carbocycles. The van der Waals surface area contributed by atoms with E-state index < -0.39 is 0 Å². The number of rotatable bonds is 2. The Kier molecular flexibility index (Phi) is 3.03. The van der Waals surface area contributed by atoms with Gasteiger partial charge in [-0.05, 0) is 45.1 Å². The number of anilines is 1. The average Bonchev–Trinajstić information content (AvgIpc) is 2.90. The molecule has 1 saturated heterocycles. The molecule has 1 spiro atoms. The third-order valence-corrected chi connectivity index (χ3v) is 6.80.